The molecule has 0 aromatic carbocycles. The number of ether oxygens (including phenoxy) is 2. The summed E-state index contributed by atoms with van der Waals surface area (Å²) < 4.78 is 11.2. The number of carbonyl (C=O) groups excluding carboxylic acids is 2. The molecule has 4 nitrogen and oxygen atoms in total. The Labute approximate surface area is 175 Å². The molecule has 4 rings (SSSR count). The zero-order chi connectivity index (χ0) is 20.6. The zero-order valence-electron chi connectivity index (χ0n) is 18.5. The Morgan fingerprint density at radius 2 is 2.03 bits per heavy atom. The van der Waals surface area contributed by atoms with Crippen LogP contribution in [0.4, 0.5) is 4.79 Å². The van der Waals surface area contributed by atoms with E-state index in [4.69, 9.17) is 9.47 Å². The number of ketones is 1. The molecular formula is C25H38O4. The van der Waals surface area contributed by atoms with Crippen molar-refractivity contribution in [1.29, 1.82) is 0 Å². The minimum absolute atomic E-state index is 0.00930. The molecule has 0 N–H and O–H groups in total. The maximum atomic E-state index is 12.2. The highest BCUT2D eigenvalue weighted by Gasteiger charge is 2.59. The van der Waals surface area contributed by atoms with Gasteiger partial charge in [0.15, 0.2) is 5.78 Å². The van der Waals surface area contributed by atoms with E-state index in [1.807, 2.05) is 6.08 Å². The van der Waals surface area contributed by atoms with Crippen molar-refractivity contribution in [2.45, 2.75) is 91.1 Å². The molecule has 3 saturated carbocycles. The lowest BCUT2D eigenvalue weighted by atomic mass is 9.49. The second-order valence-electron chi connectivity index (χ2n) is 10.2. The van der Waals surface area contributed by atoms with Crippen LogP contribution in [0.3, 0.4) is 0 Å². The molecule has 0 heterocycles. The Morgan fingerprint density at radius 1 is 1.21 bits per heavy atom. The summed E-state index contributed by atoms with van der Waals surface area (Å²) in [5, 5.41) is 0. The van der Waals surface area contributed by atoms with Crippen LogP contribution in [-0.4, -0.2) is 24.6 Å². The summed E-state index contributed by atoms with van der Waals surface area (Å²) in [6.07, 6.45) is 11.9. The summed E-state index contributed by atoms with van der Waals surface area (Å²) in [5.74, 6) is 3.65. The van der Waals surface area contributed by atoms with Gasteiger partial charge < -0.3 is 9.47 Å². The predicted octanol–water partition coefficient (Wildman–Crippen LogP) is 6.09. The minimum atomic E-state index is -0.473. The van der Waals surface area contributed by atoms with E-state index < -0.39 is 6.16 Å². The highest BCUT2D eigenvalue weighted by Crippen LogP contribution is 2.64. The quantitative estimate of drug-likeness (QED) is 0.413. The van der Waals surface area contributed by atoms with Crippen LogP contribution in [0.1, 0.15) is 85.0 Å². The molecule has 0 aromatic rings. The molecule has 3 fully saturated rings. The van der Waals surface area contributed by atoms with Crippen molar-refractivity contribution in [3.05, 3.63) is 11.6 Å². The lowest BCUT2D eigenvalue weighted by Crippen LogP contribution is -2.51. The number of allylic oxidation sites excluding steroid dienone is 1. The molecule has 0 radical (unpaired) electrons. The average Bonchev–Trinajstić information content (AvgIpc) is 3.03. The normalized spacial score (nSPS) is 41.1. The summed E-state index contributed by atoms with van der Waals surface area (Å²) in [7, 11) is 0. The Hall–Kier alpha value is -1.32. The second-order valence-corrected chi connectivity index (χ2v) is 10.2. The fourth-order valence-corrected chi connectivity index (χ4v) is 7.39. The third-order valence-corrected chi connectivity index (χ3v) is 8.86. The summed E-state index contributed by atoms with van der Waals surface area (Å²) in [4.78, 5) is 24.2. The van der Waals surface area contributed by atoms with Crippen LogP contribution in [0.25, 0.3) is 0 Å². The highest BCUT2D eigenvalue weighted by molar-refractivity contribution is 5.91. The van der Waals surface area contributed by atoms with E-state index in [1.165, 1.54) is 18.4 Å². The molecule has 0 aliphatic heterocycles. The van der Waals surface area contributed by atoms with Crippen LogP contribution in [0.5, 0.6) is 0 Å². The van der Waals surface area contributed by atoms with Crippen LogP contribution >= 0.6 is 0 Å². The molecule has 4 aliphatic rings. The largest absolute Gasteiger partial charge is 0.508 e. The van der Waals surface area contributed by atoms with Gasteiger partial charge in [0.05, 0.1) is 6.61 Å². The molecule has 162 valence electrons. The molecule has 0 aromatic heterocycles. The number of fused-ring (bicyclic) bond motifs is 5. The van der Waals surface area contributed by atoms with Gasteiger partial charge in [-0.05, 0) is 80.6 Å². The van der Waals surface area contributed by atoms with E-state index in [1.54, 1.807) is 0 Å². The van der Waals surface area contributed by atoms with Crippen LogP contribution < -0.4 is 0 Å². The number of rotatable bonds is 5. The Bertz CT molecular complexity index is 668. The third-order valence-electron chi connectivity index (χ3n) is 8.86. The van der Waals surface area contributed by atoms with Crippen molar-refractivity contribution in [2.24, 2.45) is 35.0 Å². The van der Waals surface area contributed by atoms with Crippen LogP contribution in [0.2, 0.25) is 0 Å². The molecule has 29 heavy (non-hydrogen) atoms. The average molecular weight is 403 g/mol. The van der Waals surface area contributed by atoms with Crippen molar-refractivity contribution < 1.29 is 19.1 Å². The molecule has 0 saturated heterocycles. The molecule has 0 bridgehead atoms. The van der Waals surface area contributed by atoms with E-state index in [2.05, 4.69) is 20.8 Å². The molecule has 4 heteroatoms. The molecular weight excluding hydrogens is 364 g/mol. The van der Waals surface area contributed by atoms with E-state index in [9.17, 15) is 9.59 Å². The highest BCUT2D eigenvalue weighted by atomic mass is 16.7. The number of unbranched alkanes of at least 4 members (excludes halogenated alkanes) is 1. The van der Waals surface area contributed by atoms with Gasteiger partial charge in [-0.1, -0.05) is 39.2 Å². The maximum absolute atomic E-state index is 12.2. The summed E-state index contributed by atoms with van der Waals surface area (Å²) in [6.45, 7) is 7.23. The van der Waals surface area contributed by atoms with Gasteiger partial charge in [-0.2, -0.15) is 0 Å². The van der Waals surface area contributed by atoms with Crippen molar-refractivity contribution in [3.8, 4) is 0 Å². The van der Waals surface area contributed by atoms with E-state index >= 15 is 0 Å². The fourth-order valence-electron chi connectivity index (χ4n) is 7.39. The monoisotopic (exact) mass is 402 g/mol. The molecule has 0 amide bonds. The van der Waals surface area contributed by atoms with Gasteiger partial charge in [0.25, 0.3) is 0 Å². The van der Waals surface area contributed by atoms with Crippen molar-refractivity contribution >= 4 is 11.9 Å². The van der Waals surface area contributed by atoms with Crippen LogP contribution in [-0.2, 0) is 14.3 Å². The van der Waals surface area contributed by atoms with Gasteiger partial charge in [-0.25, -0.2) is 4.79 Å². The van der Waals surface area contributed by atoms with Gasteiger partial charge in [-0.3, -0.25) is 4.79 Å². The number of carbonyl (C=O) groups is 2. The van der Waals surface area contributed by atoms with Gasteiger partial charge in [-0.15, -0.1) is 0 Å². The lowest BCUT2D eigenvalue weighted by Gasteiger charge is -2.56. The fraction of sp³-hybridized carbons (Fsp3) is 0.840. The zero-order valence-corrected chi connectivity index (χ0v) is 18.5. The Morgan fingerprint density at radius 3 is 2.79 bits per heavy atom. The second kappa shape index (κ2) is 8.43. The smallest absolute Gasteiger partial charge is 0.434 e. The maximum Gasteiger partial charge on any atom is 0.508 e. The van der Waals surface area contributed by atoms with Crippen molar-refractivity contribution in [3.63, 3.8) is 0 Å². The van der Waals surface area contributed by atoms with E-state index in [0.29, 0.717) is 42.0 Å². The van der Waals surface area contributed by atoms with Gasteiger partial charge >= 0.3 is 6.16 Å². The SMILES string of the molecule is CCCCOC(=O)OC1CCC2C3C(CC)CC4=CC(=O)CCC4C3CCC12C. The van der Waals surface area contributed by atoms with Gasteiger partial charge in [0.1, 0.15) is 6.10 Å². The standard InChI is InChI=1S/C25H38O4/c1-4-6-13-28-24(27)29-22-10-9-21-23-16(5-2)14-17-15-18(26)7-8-19(17)20(23)11-12-25(21,22)3/h15-16,19-23H,4-14H2,1-3H3. The minimum Gasteiger partial charge on any atom is -0.434 e. The van der Waals surface area contributed by atoms with E-state index in [0.717, 1.165) is 51.4 Å². The number of hydrogen-bond donors (Lipinski definition) is 0. The number of hydrogen-bond acceptors (Lipinski definition) is 4. The molecule has 0 spiro atoms. The van der Waals surface area contributed by atoms with Gasteiger partial charge in [0.2, 0.25) is 0 Å². The summed E-state index contributed by atoms with van der Waals surface area (Å²) >= 11 is 0. The first-order valence-electron chi connectivity index (χ1n) is 12.0. The van der Waals surface area contributed by atoms with Crippen molar-refractivity contribution in [2.75, 3.05) is 6.61 Å². The Balaban J connectivity index is 1.50. The van der Waals surface area contributed by atoms with Gasteiger partial charge in [0, 0.05) is 11.8 Å². The summed E-state index contributed by atoms with van der Waals surface area (Å²) in [5.41, 5.74) is 1.52. The van der Waals surface area contributed by atoms with E-state index in [-0.39, 0.29) is 11.5 Å². The first kappa shape index (κ1) is 20.9. The predicted molar refractivity (Wildman–Crippen MR) is 112 cm³/mol. The van der Waals surface area contributed by atoms with Crippen LogP contribution in [0.15, 0.2) is 11.6 Å². The van der Waals surface area contributed by atoms with Crippen LogP contribution in [0, 0.1) is 35.0 Å². The summed E-state index contributed by atoms with van der Waals surface area (Å²) in [6, 6.07) is 0. The topological polar surface area (TPSA) is 52.6 Å². The lowest BCUT2D eigenvalue weighted by molar-refractivity contribution is -0.117. The molecule has 7 unspecified atom stereocenters. The third kappa shape index (κ3) is 3.77. The first-order valence-corrected chi connectivity index (χ1v) is 12.0. The molecule has 4 aliphatic carbocycles. The Kier molecular flexibility index (Phi) is 6.09. The first-order chi connectivity index (χ1) is 14.0. The van der Waals surface area contributed by atoms with Crippen molar-refractivity contribution in [1.82, 2.24) is 0 Å². The molecule has 7 atom stereocenters.